The van der Waals surface area contributed by atoms with Gasteiger partial charge >= 0.3 is 12.2 Å². The lowest BCUT2D eigenvalue weighted by atomic mass is 10.0. The van der Waals surface area contributed by atoms with Gasteiger partial charge in [-0.3, -0.25) is 29.3 Å². The Hall–Kier alpha value is -4.14. The van der Waals surface area contributed by atoms with Gasteiger partial charge in [-0.15, -0.1) is 0 Å². The zero-order chi connectivity index (χ0) is 28.1. The average molecular weight is 562 g/mol. The van der Waals surface area contributed by atoms with Crippen molar-refractivity contribution in [2.45, 2.75) is 62.6 Å². The number of thioether (sulfide) groups is 1. The molecule has 3 N–H and O–H groups in total. The summed E-state index contributed by atoms with van der Waals surface area (Å²) in [7, 11) is 0. The quantitative estimate of drug-likeness (QED) is 0.0901. The summed E-state index contributed by atoms with van der Waals surface area (Å²) in [6.07, 6.45) is 1.99. The molecule has 0 saturated carbocycles. The summed E-state index contributed by atoms with van der Waals surface area (Å²) in [5.41, 5.74) is 0.266. The van der Waals surface area contributed by atoms with Crippen molar-refractivity contribution >= 4 is 47.4 Å². The topological polar surface area (TPSA) is 186 Å². The predicted octanol–water partition coefficient (Wildman–Crippen LogP) is 1.99. The predicted molar refractivity (Wildman–Crippen MR) is 136 cm³/mol. The molecule has 5 amide bonds. The highest BCUT2D eigenvalue weighted by atomic mass is 32.2. The van der Waals surface area contributed by atoms with Gasteiger partial charge in [0.25, 0.3) is 17.5 Å². The van der Waals surface area contributed by atoms with Crippen LogP contribution in [-0.2, 0) is 30.5 Å². The second-order valence-corrected chi connectivity index (χ2v) is 10.5. The Kier molecular flexibility index (Phi) is 8.69. The van der Waals surface area contributed by atoms with E-state index in [1.54, 1.807) is 0 Å². The van der Waals surface area contributed by atoms with Crippen molar-refractivity contribution in [1.29, 1.82) is 0 Å². The standard InChI is InChI=1S/C24H27N5O9S/c1-13(37-24(34)38-28-20(31)8-9-21(28)32)15-10-14(6-7-17(15)29(35)36)11-25-19(30)5-3-2-4-18-22-16(12-39-18)26-23(33)27-22/h6-10,13,16,18,22H,2-5,11-12H2,1H3,(H,25,30)(H2,26,27,33). The molecule has 39 heavy (non-hydrogen) atoms. The van der Waals surface area contributed by atoms with Crippen molar-refractivity contribution in [3.05, 3.63) is 51.6 Å². The van der Waals surface area contributed by atoms with Crippen molar-refractivity contribution in [2.75, 3.05) is 5.75 Å². The molecule has 4 atom stereocenters. The van der Waals surface area contributed by atoms with Crippen LogP contribution < -0.4 is 16.0 Å². The third-order valence-electron chi connectivity index (χ3n) is 6.50. The van der Waals surface area contributed by atoms with E-state index in [1.165, 1.54) is 25.1 Å². The van der Waals surface area contributed by atoms with Crippen molar-refractivity contribution in [3.63, 3.8) is 0 Å². The van der Waals surface area contributed by atoms with Crippen LogP contribution in [0.4, 0.5) is 15.3 Å². The Balaban J connectivity index is 1.24. The molecular weight excluding hydrogens is 534 g/mol. The van der Waals surface area contributed by atoms with E-state index in [0.29, 0.717) is 23.7 Å². The molecule has 14 nitrogen and oxygen atoms in total. The molecule has 4 unspecified atom stereocenters. The highest BCUT2D eigenvalue weighted by Gasteiger charge is 2.42. The van der Waals surface area contributed by atoms with Crippen LogP contribution in [0.15, 0.2) is 30.4 Å². The molecule has 2 saturated heterocycles. The highest BCUT2D eigenvalue weighted by Crippen LogP contribution is 2.33. The Morgan fingerprint density at radius 2 is 1.95 bits per heavy atom. The molecule has 0 aliphatic carbocycles. The van der Waals surface area contributed by atoms with E-state index >= 15 is 0 Å². The maximum absolute atomic E-state index is 12.4. The number of nitrogens with one attached hydrogen (secondary N) is 3. The molecule has 3 heterocycles. The molecular formula is C24H27N5O9S. The van der Waals surface area contributed by atoms with Gasteiger partial charge in [-0.05, 0) is 31.4 Å². The molecule has 15 heteroatoms. The van der Waals surface area contributed by atoms with Crippen molar-refractivity contribution in [1.82, 2.24) is 21.0 Å². The highest BCUT2D eigenvalue weighted by molar-refractivity contribution is 8.00. The molecule has 3 aliphatic rings. The summed E-state index contributed by atoms with van der Waals surface area (Å²) < 4.78 is 5.05. The molecule has 2 fully saturated rings. The van der Waals surface area contributed by atoms with Crippen LogP contribution in [0.5, 0.6) is 0 Å². The van der Waals surface area contributed by atoms with Gasteiger partial charge in [0.05, 0.1) is 22.6 Å². The van der Waals surface area contributed by atoms with Crippen LogP contribution >= 0.6 is 11.8 Å². The molecule has 0 radical (unpaired) electrons. The molecule has 1 aromatic rings. The molecule has 4 rings (SSSR count). The molecule has 0 spiro atoms. The fourth-order valence-electron chi connectivity index (χ4n) is 4.55. The second kappa shape index (κ2) is 12.1. The largest absolute Gasteiger partial charge is 0.534 e. The number of hydrogen-bond acceptors (Lipinski definition) is 10. The number of imide groups is 1. The summed E-state index contributed by atoms with van der Waals surface area (Å²) >= 11 is 1.82. The SMILES string of the molecule is CC(OC(=O)ON1C(=O)C=CC1=O)c1cc(CNC(=O)CCCCC2SCC3NC(=O)NC32)ccc1[N+](=O)[O-]. The van der Waals surface area contributed by atoms with E-state index in [0.717, 1.165) is 30.7 Å². The van der Waals surface area contributed by atoms with Gasteiger partial charge in [0, 0.05) is 42.2 Å². The lowest BCUT2D eigenvalue weighted by molar-refractivity contribution is -0.386. The number of rotatable bonds is 11. The number of nitro benzene ring substituents is 1. The monoisotopic (exact) mass is 561 g/mol. The van der Waals surface area contributed by atoms with Crippen LogP contribution in [0.3, 0.4) is 0 Å². The Bertz CT molecular complexity index is 1200. The van der Waals surface area contributed by atoms with Gasteiger partial charge in [-0.25, -0.2) is 9.59 Å². The minimum Gasteiger partial charge on any atom is -0.425 e. The van der Waals surface area contributed by atoms with Crippen LogP contribution in [0.2, 0.25) is 0 Å². The summed E-state index contributed by atoms with van der Waals surface area (Å²) in [5, 5.41) is 20.7. The zero-order valence-electron chi connectivity index (χ0n) is 20.9. The van der Waals surface area contributed by atoms with Crippen molar-refractivity contribution in [2.24, 2.45) is 0 Å². The average Bonchev–Trinajstić information content (AvgIpc) is 3.55. The lowest BCUT2D eigenvalue weighted by Gasteiger charge is -2.17. The number of nitro groups is 1. The summed E-state index contributed by atoms with van der Waals surface area (Å²) in [4.78, 5) is 74.4. The molecule has 0 aromatic heterocycles. The fraction of sp³-hybridized carbons (Fsp3) is 0.458. The number of carbonyl (C=O) groups excluding carboxylic acids is 5. The molecule has 208 valence electrons. The number of urea groups is 1. The van der Waals surface area contributed by atoms with Crippen LogP contribution in [0.25, 0.3) is 0 Å². The zero-order valence-corrected chi connectivity index (χ0v) is 21.7. The maximum atomic E-state index is 12.4. The van der Waals surface area contributed by atoms with Gasteiger partial charge in [-0.2, -0.15) is 11.8 Å². The first-order valence-electron chi connectivity index (χ1n) is 12.3. The molecule has 1 aromatic carbocycles. The van der Waals surface area contributed by atoms with E-state index in [-0.39, 0.29) is 46.9 Å². The number of carbonyl (C=O) groups is 5. The third kappa shape index (κ3) is 6.85. The smallest absolute Gasteiger partial charge is 0.425 e. The Morgan fingerprint density at radius 3 is 2.67 bits per heavy atom. The summed E-state index contributed by atoms with van der Waals surface area (Å²) in [6.45, 7) is 1.47. The van der Waals surface area contributed by atoms with Gasteiger partial charge in [0.1, 0.15) is 6.10 Å². The summed E-state index contributed by atoms with van der Waals surface area (Å²) in [6, 6.07) is 4.32. The van der Waals surface area contributed by atoms with Gasteiger partial charge in [0.2, 0.25) is 5.91 Å². The van der Waals surface area contributed by atoms with Gasteiger partial charge in [0.15, 0.2) is 0 Å². The first kappa shape index (κ1) is 27.9. The van der Waals surface area contributed by atoms with E-state index in [1.807, 2.05) is 11.8 Å². The van der Waals surface area contributed by atoms with E-state index in [2.05, 4.69) is 20.8 Å². The fourth-order valence-corrected chi connectivity index (χ4v) is 6.09. The second-order valence-electron chi connectivity index (χ2n) is 9.20. The number of ether oxygens (including phenoxy) is 1. The number of hydrogen-bond donors (Lipinski definition) is 3. The Labute approximate surface area is 226 Å². The summed E-state index contributed by atoms with van der Waals surface area (Å²) in [5.74, 6) is -1.02. The maximum Gasteiger partial charge on any atom is 0.534 e. The normalized spacial score (nSPS) is 22.2. The van der Waals surface area contributed by atoms with Crippen LogP contribution in [0.1, 0.15) is 49.8 Å². The molecule has 3 aliphatic heterocycles. The van der Waals surface area contributed by atoms with Crippen LogP contribution in [0, 0.1) is 10.1 Å². The third-order valence-corrected chi connectivity index (χ3v) is 8.01. The van der Waals surface area contributed by atoms with Crippen molar-refractivity contribution in [3.8, 4) is 0 Å². The number of fused-ring (bicyclic) bond motifs is 1. The number of hydroxylamine groups is 2. The van der Waals surface area contributed by atoms with Gasteiger partial charge < -0.3 is 20.7 Å². The van der Waals surface area contributed by atoms with Crippen LogP contribution in [-0.4, -0.2) is 63.0 Å². The van der Waals surface area contributed by atoms with E-state index in [9.17, 15) is 34.1 Å². The minimum absolute atomic E-state index is 0.0433. The van der Waals surface area contributed by atoms with Crippen molar-refractivity contribution < 1.29 is 38.5 Å². The first-order valence-corrected chi connectivity index (χ1v) is 13.3. The first-order chi connectivity index (χ1) is 18.6. The number of nitrogens with zero attached hydrogens (tertiary/aromatic N) is 2. The Morgan fingerprint density at radius 1 is 1.21 bits per heavy atom. The minimum atomic E-state index is -1.39. The lowest BCUT2D eigenvalue weighted by Crippen LogP contribution is -2.36. The number of amides is 5. The number of unbranched alkanes of at least 4 members (excludes halogenated alkanes) is 1. The van der Waals surface area contributed by atoms with E-state index in [4.69, 9.17) is 4.74 Å². The van der Waals surface area contributed by atoms with Gasteiger partial charge in [-0.1, -0.05) is 17.6 Å². The van der Waals surface area contributed by atoms with E-state index < -0.39 is 29.0 Å². The molecule has 0 bridgehead atoms. The number of benzene rings is 1.